The van der Waals surface area contributed by atoms with E-state index in [1.54, 1.807) is 0 Å². The van der Waals surface area contributed by atoms with E-state index >= 15 is 0 Å². The number of hydrogen-bond donors (Lipinski definition) is 2. The van der Waals surface area contributed by atoms with Gasteiger partial charge in [0.15, 0.2) is 17.2 Å². The van der Waals surface area contributed by atoms with Gasteiger partial charge in [0.25, 0.3) is 0 Å². The molecule has 62 heavy (non-hydrogen) atoms. The number of aliphatic carboxylic acids is 1. The maximum absolute atomic E-state index is 11.2. The summed E-state index contributed by atoms with van der Waals surface area (Å²) in [6.07, 6.45) is 15.0. The maximum Gasteiger partial charge on any atom is 0.303 e. The Morgan fingerprint density at radius 3 is 2.16 bits per heavy atom. The van der Waals surface area contributed by atoms with Crippen LogP contribution >= 0.6 is 0 Å². The van der Waals surface area contributed by atoms with E-state index in [1.165, 1.54) is 45.1 Å². The number of benzene rings is 3. The molecule has 0 atom stereocenters. The summed E-state index contributed by atoms with van der Waals surface area (Å²) in [6, 6.07) is 23.6. The van der Waals surface area contributed by atoms with Gasteiger partial charge >= 0.3 is 5.97 Å². The van der Waals surface area contributed by atoms with Crippen LogP contribution in [0.5, 0.6) is 11.5 Å². The van der Waals surface area contributed by atoms with Crippen molar-refractivity contribution in [2.45, 2.75) is 90.0 Å². The highest BCUT2D eigenvalue weighted by atomic mass is 16.6. The maximum atomic E-state index is 11.2. The first kappa shape index (κ1) is 44.9. The highest BCUT2D eigenvalue weighted by molar-refractivity contribution is 6.03. The van der Waals surface area contributed by atoms with Crippen molar-refractivity contribution < 1.29 is 38.2 Å². The first-order valence-electron chi connectivity index (χ1n) is 22.5. The molecule has 2 N–H and O–H groups in total. The van der Waals surface area contributed by atoms with E-state index in [4.69, 9.17) is 23.7 Å². The van der Waals surface area contributed by atoms with E-state index in [0.717, 1.165) is 49.9 Å². The van der Waals surface area contributed by atoms with Crippen molar-refractivity contribution >= 4 is 23.1 Å². The molecular formula is C52H66N3O7+. The van der Waals surface area contributed by atoms with Gasteiger partial charge in [-0.25, -0.2) is 0 Å². The Bertz CT molecular complexity index is 2210. The van der Waals surface area contributed by atoms with Crippen molar-refractivity contribution in [2.75, 3.05) is 71.3 Å². The van der Waals surface area contributed by atoms with Crippen LogP contribution in [0.2, 0.25) is 0 Å². The fourth-order valence-electron chi connectivity index (χ4n) is 9.30. The number of allylic oxidation sites excluding steroid dienone is 7. The Morgan fingerprint density at radius 1 is 0.758 bits per heavy atom. The second-order valence-corrected chi connectivity index (χ2v) is 17.6. The summed E-state index contributed by atoms with van der Waals surface area (Å²) < 4.78 is 31.7. The summed E-state index contributed by atoms with van der Waals surface area (Å²) in [5, 5.41) is 13.2. The molecule has 1 aliphatic carbocycles. The first-order chi connectivity index (χ1) is 30.1. The number of fused-ring (bicyclic) bond motifs is 3. The molecule has 0 unspecified atom stereocenters. The molecule has 7 rings (SSSR count). The standard InChI is InChI=1S/C52H65N3O7/c1-51(2)41-16-8-10-18-43(41)54(5)47(51)25-22-39-14-13-15-40(23-26-48-52(3,4)42-17-9-11-19-44(42)55(48)27-12-6-7-20-49(56)57)50(39)53-37-38-21-24-45-46(36-38)62-35-33-60-31-29-58-28-30-59-32-34-61-45/h8-11,16-19,21-26,36H,6-7,12-15,20,27-35,37H2,1-5H3,(H,56,57)/p+1/b40-23+,48-26+. The van der Waals surface area contributed by atoms with Crippen molar-refractivity contribution in [2.24, 2.45) is 0 Å². The van der Waals surface area contributed by atoms with Crippen LogP contribution in [0.3, 0.4) is 0 Å². The molecule has 3 aromatic carbocycles. The van der Waals surface area contributed by atoms with Crippen LogP contribution < -0.4 is 19.7 Å². The lowest BCUT2D eigenvalue weighted by molar-refractivity contribution is -0.401. The fourth-order valence-corrected chi connectivity index (χ4v) is 9.30. The molecule has 330 valence electrons. The molecule has 10 nitrogen and oxygen atoms in total. The molecule has 4 aliphatic rings. The summed E-state index contributed by atoms with van der Waals surface area (Å²) >= 11 is 0. The van der Waals surface area contributed by atoms with Gasteiger partial charge in [-0.15, -0.1) is 0 Å². The molecule has 3 aromatic rings. The second kappa shape index (κ2) is 20.8. The molecule has 0 bridgehead atoms. The third-order valence-corrected chi connectivity index (χ3v) is 12.6. The number of hydrogen-bond acceptors (Lipinski definition) is 8. The molecule has 0 fully saturated rings. The summed E-state index contributed by atoms with van der Waals surface area (Å²) in [4.78, 5) is 13.7. The van der Waals surface area contributed by atoms with E-state index in [2.05, 4.69) is 135 Å². The number of ether oxygens (including phenoxy) is 5. The minimum Gasteiger partial charge on any atom is -0.487 e. The molecule has 0 saturated heterocycles. The summed E-state index contributed by atoms with van der Waals surface area (Å²) in [5.74, 6) is 0.640. The molecule has 3 heterocycles. The lowest BCUT2D eigenvalue weighted by Gasteiger charge is -2.28. The van der Waals surface area contributed by atoms with Gasteiger partial charge in [0.2, 0.25) is 5.69 Å². The highest BCUT2D eigenvalue weighted by Gasteiger charge is 2.43. The van der Waals surface area contributed by atoms with Gasteiger partial charge in [-0.2, -0.15) is 4.58 Å². The van der Waals surface area contributed by atoms with Gasteiger partial charge in [-0.1, -0.05) is 74.9 Å². The molecule has 3 aliphatic heterocycles. The molecule has 0 aromatic heterocycles. The summed E-state index contributed by atoms with van der Waals surface area (Å²) in [5.41, 5.74) is 12.2. The number of rotatable bonds is 12. The monoisotopic (exact) mass is 844 g/mol. The topological polar surface area (TPSA) is 102 Å². The Hall–Kier alpha value is -5.16. The minimum atomic E-state index is -0.731. The number of para-hydroxylation sites is 2. The van der Waals surface area contributed by atoms with E-state index in [9.17, 15) is 9.90 Å². The molecule has 0 spiro atoms. The van der Waals surface area contributed by atoms with Gasteiger partial charge in [0.05, 0.1) is 45.1 Å². The Balaban J connectivity index is 1.21. The van der Waals surface area contributed by atoms with Gasteiger partial charge in [-0.05, 0) is 92.5 Å². The van der Waals surface area contributed by atoms with Crippen molar-refractivity contribution in [1.82, 2.24) is 5.32 Å². The quantitative estimate of drug-likeness (QED) is 0.136. The van der Waals surface area contributed by atoms with Gasteiger partial charge in [0.1, 0.15) is 20.3 Å². The van der Waals surface area contributed by atoms with Crippen LogP contribution in [0.1, 0.15) is 89.3 Å². The van der Waals surface area contributed by atoms with E-state index in [1.807, 2.05) is 6.07 Å². The smallest absolute Gasteiger partial charge is 0.303 e. The number of carboxylic acids is 1. The molecule has 0 amide bonds. The highest BCUT2D eigenvalue weighted by Crippen LogP contribution is 2.48. The number of nitrogens with zero attached hydrogens (tertiary/aromatic N) is 2. The predicted molar refractivity (Wildman–Crippen MR) is 246 cm³/mol. The van der Waals surface area contributed by atoms with E-state index < -0.39 is 5.97 Å². The van der Waals surface area contributed by atoms with Crippen molar-refractivity contribution in [3.63, 3.8) is 0 Å². The number of anilines is 1. The van der Waals surface area contributed by atoms with Gasteiger partial charge in [-0.3, -0.25) is 4.79 Å². The van der Waals surface area contributed by atoms with Crippen LogP contribution in [0.4, 0.5) is 11.4 Å². The fraction of sp³-hybridized carbons (Fsp3) is 0.462. The van der Waals surface area contributed by atoms with Crippen LogP contribution in [-0.2, 0) is 36.4 Å². The Morgan fingerprint density at radius 2 is 1.44 bits per heavy atom. The number of unbranched alkanes of at least 4 members (excludes halogenated alkanes) is 2. The van der Waals surface area contributed by atoms with Crippen LogP contribution in [0.25, 0.3) is 0 Å². The zero-order valence-electron chi connectivity index (χ0n) is 37.5. The zero-order valence-corrected chi connectivity index (χ0v) is 37.5. The van der Waals surface area contributed by atoms with E-state index in [0.29, 0.717) is 77.3 Å². The number of carbonyl (C=O) groups is 1. The van der Waals surface area contributed by atoms with Crippen molar-refractivity contribution in [3.05, 3.63) is 130 Å². The third kappa shape index (κ3) is 10.5. The SMILES string of the molecule is C[N+]1=C(/C=C/C2=C(NCc3ccc4c(c3)OCCOCCOCCOCCO4)C(=C/C=C3/N(CCCCCC(=O)O)c4ccccc4C3(C)C)/CCC2)C(C)(C)c2ccccc21. The lowest BCUT2D eigenvalue weighted by atomic mass is 9.81. The molecular weight excluding hydrogens is 779 g/mol. The Labute approximate surface area is 368 Å². The summed E-state index contributed by atoms with van der Waals surface area (Å²) in [7, 11) is 2.18. The largest absolute Gasteiger partial charge is 0.487 e. The summed E-state index contributed by atoms with van der Waals surface area (Å²) in [6.45, 7) is 14.5. The molecule has 0 saturated carbocycles. The van der Waals surface area contributed by atoms with Gasteiger partial charge < -0.3 is 39.0 Å². The predicted octanol–water partition coefficient (Wildman–Crippen LogP) is 9.55. The van der Waals surface area contributed by atoms with E-state index in [-0.39, 0.29) is 17.3 Å². The normalized spacial score (nSPS) is 20.6. The lowest BCUT2D eigenvalue weighted by Crippen LogP contribution is -2.27. The third-order valence-electron chi connectivity index (χ3n) is 12.6. The number of nitrogens with one attached hydrogen (secondary N) is 1. The minimum absolute atomic E-state index is 0.130. The molecule has 10 heteroatoms. The van der Waals surface area contributed by atoms with Crippen molar-refractivity contribution in [1.29, 1.82) is 0 Å². The Kier molecular flexibility index (Phi) is 15.1. The second-order valence-electron chi connectivity index (χ2n) is 17.6. The van der Waals surface area contributed by atoms with Gasteiger partial charge in [0, 0.05) is 59.7 Å². The van der Waals surface area contributed by atoms with Crippen LogP contribution in [0.15, 0.2) is 114 Å². The zero-order chi connectivity index (χ0) is 43.5. The van der Waals surface area contributed by atoms with Crippen molar-refractivity contribution in [3.8, 4) is 11.5 Å². The average Bonchev–Trinajstić information content (AvgIpc) is 3.59. The van der Waals surface area contributed by atoms with Crippen LogP contribution in [-0.4, -0.2) is 87.8 Å². The van der Waals surface area contributed by atoms with Crippen LogP contribution in [0, 0.1) is 0 Å². The number of carboxylic acid groups (broad SMARTS) is 1. The average molecular weight is 845 g/mol. The first-order valence-corrected chi connectivity index (χ1v) is 22.5. The molecule has 0 radical (unpaired) electrons.